The molecule has 1 aromatic carbocycles. The van der Waals surface area contributed by atoms with Crippen LogP contribution in [0.25, 0.3) is 0 Å². The van der Waals surface area contributed by atoms with Crippen LogP contribution in [0.4, 0.5) is 16.3 Å². The molecule has 3 heterocycles. The van der Waals surface area contributed by atoms with Crippen molar-refractivity contribution >= 4 is 17.5 Å². The molecule has 1 atom stereocenters. The maximum absolute atomic E-state index is 12.8. The zero-order chi connectivity index (χ0) is 17.9. The quantitative estimate of drug-likeness (QED) is 0.922. The Bertz CT molecular complexity index is 789. The van der Waals surface area contributed by atoms with Crippen molar-refractivity contribution in [2.24, 2.45) is 0 Å². The molecule has 0 aliphatic carbocycles. The summed E-state index contributed by atoms with van der Waals surface area (Å²) < 4.78 is 5.43. The SMILES string of the molecule is CC1Cc2ccccc2N1C(=O)NCc1cccnc1N1CCOCC1. The summed E-state index contributed by atoms with van der Waals surface area (Å²) in [7, 11) is 0. The van der Waals surface area contributed by atoms with E-state index in [1.165, 1.54) is 5.56 Å². The Morgan fingerprint density at radius 3 is 2.88 bits per heavy atom. The van der Waals surface area contributed by atoms with Crippen molar-refractivity contribution in [2.45, 2.75) is 25.9 Å². The van der Waals surface area contributed by atoms with Gasteiger partial charge in [0.15, 0.2) is 0 Å². The molecule has 26 heavy (non-hydrogen) atoms. The predicted octanol–water partition coefficient (Wildman–Crippen LogP) is 2.58. The zero-order valence-electron chi connectivity index (χ0n) is 15.0. The number of carbonyl (C=O) groups is 1. The number of carbonyl (C=O) groups excluding carboxylic acids is 1. The number of amides is 2. The molecule has 1 saturated heterocycles. The van der Waals surface area contributed by atoms with E-state index >= 15 is 0 Å². The number of benzene rings is 1. The number of anilines is 2. The number of nitrogens with one attached hydrogen (secondary N) is 1. The molecule has 136 valence electrons. The van der Waals surface area contributed by atoms with Gasteiger partial charge in [-0.2, -0.15) is 0 Å². The number of fused-ring (bicyclic) bond motifs is 1. The number of pyridine rings is 1. The van der Waals surface area contributed by atoms with E-state index in [9.17, 15) is 4.79 Å². The third kappa shape index (κ3) is 3.24. The van der Waals surface area contributed by atoms with E-state index in [-0.39, 0.29) is 12.1 Å². The first kappa shape index (κ1) is 16.8. The minimum atomic E-state index is -0.0563. The van der Waals surface area contributed by atoms with Crippen LogP contribution in [0.1, 0.15) is 18.1 Å². The fraction of sp³-hybridized carbons (Fsp3) is 0.400. The Balaban J connectivity index is 1.47. The Morgan fingerprint density at radius 1 is 1.23 bits per heavy atom. The van der Waals surface area contributed by atoms with Crippen LogP contribution in [0.2, 0.25) is 0 Å². The highest BCUT2D eigenvalue weighted by Gasteiger charge is 2.30. The van der Waals surface area contributed by atoms with E-state index in [0.717, 1.165) is 36.6 Å². The maximum atomic E-state index is 12.8. The van der Waals surface area contributed by atoms with Gasteiger partial charge < -0.3 is 15.0 Å². The highest BCUT2D eigenvalue weighted by atomic mass is 16.5. The molecule has 2 aromatic rings. The first-order valence-corrected chi connectivity index (χ1v) is 9.15. The van der Waals surface area contributed by atoms with Gasteiger partial charge in [0.1, 0.15) is 5.82 Å². The van der Waals surface area contributed by atoms with Crippen molar-refractivity contribution in [3.8, 4) is 0 Å². The van der Waals surface area contributed by atoms with E-state index in [2.05, 4.69) is 28.2 Å². The van der Waals surface area contributed by atoms with Crippen LogP contribution in [0.15, 0.2) is 42.6 Å². The summed E-state index contributed by atoms with van der Waals surface area (Å²) >= 11 is 0. The van der Waals surface area contributed by atoms with E-state index in [0.29, 0.717) is 19.8 Å². The number of nitrogens with zero attached hydrogens (tertiary/aromatic N) is 3. The molecule has 0 bridgehead atoms. The molecule has 0 saturated carbocycles. The third-order valence-electron chi connectivity index (χ3n) is 5.03. The summed E-state index contributed by atoms with van der Waals surface area (Å²) in [6.45, 7) is 5.63. The van der Waals surface area contributed by atoms with Gasteiger partial charge in [0.2, 0.25) is 0 Å². The van der Waals surface area contributed by atoms with Crippen molar-refractivity contribution in [3.63, 3.8) is 0 Å². The number of urea groups is 1. The molecule has 1 unspecified atom stereocenters. The third-order valence-corrected chi connectivity index (χ3v) is 5.03. The topological polar surface area (TPSA) is 57.7 Å². The van der Waals surface area contributed by atoms with Gasteiger partial charge in [-0.15, -0.1) is 0 Å². The Kier molecular flexibility index (Phi) is 4.75. The smallest absolute Gasteiger partial charge is 0.322 e. The van der Waals surface area contributed by atoms with E-state index < -0.39 is 0 Å². The summed E-state index contributed by atoms with van der Waals surface area (Å²) in [5.74, 6) is 0.936. The number of para-hydroxylation sites is 1. The van der Waals surface area contributed by atoms with Crippen molar-refractivity contribution in [2.75, 3.05) is 36.1 Å². The molecule has 2 aliphatic rings. The lowest BCUT2D eigenvalue weighted by molar-refractivity contribution is 0.122. The number of morpholine rings is 1. The van der Waals surface area contributed by atoms with Crippen LogP contribution in [0, 0.1) is 0 Å². The van der Waals surface area contributed by atoms with Crippen LogP contribution >= 0.6 is 0 Å². The summed E-state index contributed by atoms with van der Waals surface area (Å²) in [6, 6.07) is 12.2. The van der Waals surface area contributed by atoms with E-state index in [1.54, 1.807) is 6.20 Å². The highest BCUT2D eigenvalue weighted by molar-refractivity contribution is 5.95. The van der Waals surface area contributed by atoms with Crippen molar-refractivity contribution < 1.29 is 9.53 Å². The lowest BCUT2D eigenvalue weighted by Gasteiger charge is -2.29. The van der Waals surface area contributed by atoms with Crippen LogP contribution in [-0.4, -0.2) is 43.4 Å². The second kappa shape index (κ2) is 7.33. The average Bonchev–Trinajstić information content (AvgIpc) is 3.03. The first-order chi connectivity index (χ1) is 12.7. The minimum Gasteiger partial charge on any atom is -0.378 e. The van der Waals surface area contributed by atoms with Gasteiger partial charge >= 0.3 is 6.03 Å². The second-order valence-electron chi connectivity index (χ2n) is 6.80. The molecule has 1 aromatic heterocycles. The van der Waals surface area contributed by atoms with Crippen LogP contribution < -0.4 is 15.1 Å². The molecule has 1 fully saturated rings. The monoisotopic (exact) mass is 352 g/mol. The fourth-order valence-electron chi connectivity index (χ4n) is 3.76. The van der Waals surface area contributed by atoms with Gasteiger partial charge in [0, 0.05) is 43.1 Å². The van der Waals surface area contributed by atoms with Crippen molar-refractivity contribution in [1.29, 1.82) is 0 Å². The molecule has 2 amide bonds. The molecular weight excluding hydrogens is 328 g/mol. The molecule has 0 spiro atoms. The Labute approximate surface area is 153 Å². The van der Waals surface area contributed by atoms with Gasteiger partial charge in [0.05, 0.1) is 13.2 Å². The number of hydrogen-bond donors (Lipinski definition) is 1. The van der Waals surface area contributed by atoms with Gasteiger partial charge in [-0.1, -0.05) is 24.3 Å². The molecule has 6 heteroatoms. The summed E-state index contributed by atoms with van der Waals surface area (Å²) in [5.41, 5.74) is 3.27. The number of hydrogen-bond acceptors (Lipinski definition) is 4. The molecule has 1 N–H and O–H groups in total. The molecular formula is C20H24N4O2. The van der Waals surface area contributed by atoms with Crippen LogP contribution in [0.3, 0.4) is 0 Å². The minimum absolute atomic E-state index is 0.0563. The van der Waals surface area contributed by atoms with Gasteiger partial charge in [-0.3, -0.25) is 4.90 Å². The highest BCUT2D eigenvalue weighted by Crippen LogP contribution is 2.31. The molecule has 2 aliphatic heterocycles. The average molecular weight is 352 g/mol. The van der Waals surface area contributed by atoms with Crippen LogP contribution in [0.5, 0.6) is 0 Å². The van der Waals surface area contributed by atoms with E-state index in [4.69, 9.17) is 4.74 Å². The van der Waals surface area contributed by atoms with Crippen molar-refractivity contribution in [1.82, 2.24) is 10.3 Å². The van der Waals surface area contributed by atoms with Gasteiger partial charge in [-0.25, -0.2) is 9.78 Å². The summed E-state index contributed by atoms with van der Waals surface area (Å²) in [6.07, 6.45) is 2.70. The predicted molar refractivity (Wildman–Crippen MR) is 102 cm³/mol. The standard InChI is InChI=1S/C20H24N4O2/c1-15-13-16-5-2-3-7-18(16)24(15)20(25)22-14-17-6-4-8-21-19(17)23-9-11-26-12-10-23/h2-8,15H,9-14H2,1H3,(H,22,25). The lowest BCUT2D eigenvalue weighted by Crippen LogP contribution is -2.43. The Hall–Kier alpha value is -2.60. The normalized spacial score (nSPS) is 19.3. The Morgan fingerprint density at radius 2 is 2.04 bits per heavy atom. The second-order valence-corrected chi connectivity index (χ2v) is 6.80. The van der Waals surface area contributed by atoms with Gasteiger partial charge in [-0.05, 0) is 31.0 Å². The number of ether oxygens (including phenoxy) is 1. The van der Waals surface area contributed by atoms with Crippen molar-refractivity contribution in [3.05, 3.63) is 53.7 Å². The largest absolute Gasteiger partial charge is 0.378 e. The van der Waals surface area contributed by atoms with Gasteiger partial charge in [0.25, 0.3) is 0 Å². The lowest BCUT2D eigenvalue weighted by atomic mass is 10.1. The first-order valence-electron chi connectivity index (χ1n) is 9.15. The molecule has 4 rings (SSSR count). The maximum Gasteiger partial charge on any atom is 0.322 e. The van der Waals surface area contributed by atoms with Crippen LogP contribution in [-0.2, 0) is 17.7 Å². The summed E-state index contributed by atoms with van der Waals surface area (Å²) in [4.78, 5) is 21.5. The molecule has 0 radical (unpaired) electrons. The number of aromatic nitrogens is 1. The van der Waals surface area contributed by atoms with E-state index in [1.807, 2.05) is 35.2 Å². The fourth-order valence-corrected chi connectivity index (χ4v) is 3.76. The summed E-state index contributed by atoms with van der Waals surface area (Å²) in [5, 5.41) is 3.08. The molecule has 6 nitrogen and oxygen atoms in total. The zero-order valence-corrected chi connectivity index (χ0v) is 15.0. The number of rotatable bonds is 3.